The SMILES string of the molecule is CCOC(=O)c1sc2ncnc(Nc3ccc4c(cnn4Cc4cccc(F)c4)c3)c2c1C. The van der Waals surface area contributed by atoms with E-state index in [9.17, 15) is 9.18 Å². The van der Waals surface area contributed by atoms with Crippen molar-refractivity contribution < 1.29 is 13.9 Å². The molecule has 0 aliphatic carbocycles. The maximum atomic E-state index is 13.5. The average Bonchev–Trinajstić information content (AvgIpc) is 3.35. The molecule has 0 unspecified atom stereocenters. The molecule has 3 aromatic heterocycles. The number of halogens is 1. The van der Waals surface area contributed by atoms with Crippen LogP contribution in [0.5, 0.6) is 0 Å². The number of rotatable bonds is 6. The number of benzene rings is 2. The van der Waals surface area contributed by atoms with E-state index in [1.807, 2.05) is 35.9 Å². The molecule has 0 saturated heterocycles. The van der Waals surface area contributed by atoms with E-state index in [1.54, 1.807) is 19.2 Å². The number of hydrogen-bond donors (Lipinski definition) is 1. The van der Waals surface area contributed by atoms with Crippen molar-refractivity contribution in [1.29, 1.82) is 0 Å². The summed E-state index contributed by atoms with van der Waals surface area (Å²) < 4.78 is 20.5. The molecule has 0 atom stereocenters. The van der Waals surface area contributed by atoms with Crippen LogP contribution in [0.25, 0.3) is 21.1 Å². The fourth-order valence-corrected chi connectivity index (χ4v) is 4.84. The van der Waals surface area contributed by atoms with Gasteiger partial charge in [0.15, 0.2) is 0 Å². The molecular weight excluding hydrogens is 441 g/mol. The van der Waals surface area contributed by atoms with E-state index in [2.05, 4.69) is 20.4 Å². The molecule has 5 aromatic rings. The van der Waals surface area contributed by atoms with Gasteiger partial charge in [-0.1, -0.05) is 12.1 Å². The molecule has 33 heavy (non-hydrogen) atoms. The third-order valence-corrected chi connectivity index (χ3v) is 6.49. The summed E-state index contributed by atoms with van der Waals surface area (Å²) >= 11 is 1.30. The number of ether oxygens (including phenoxy) is 1. The standard InChI is InChI=1S/C24H20FN5O2S/c1-3-32-24(31)21-14(2)20-22(26-13-27-23(20)33-21)29-18-7-8-19-16(10-18)11-28-30(19)12-15-5-4-6-17(25)9-15/h4-11,13H,3,12H2,1-2H3,(H,26,27,29). The Hall–Kier alpha value is -3.85. The minimum atomic E-state index is -0.351. The van der Waals surface area contributed by atoms with Gasteiger partial charge in [0.1, 0.15) is 27.7 Å². The van der Waals surface area contributed by atoms with Crippen LogP contribution in [0.4, 0.5) is 15.9 Å². The summed E-state index contributed by atoms with van der Waals surface area (Å²) in [4.78, 5) is 22.3. The Balaban J connectivity index is 1.45. The van der Waals surface area contributed by atoms with Gasteiger partial charge in [0.25, 0.3) is 0 Å². The van der Waals surface area contributed by atoms with Gasteiger partial charge in [0.2, 0.25) is 0 Å². The van der Waals surface area contributed by atoms with Crippen LogP contribution in [-0.2, 0) is 11.3 Å². The third-order valence-electron chi connectivity index (χ3n) is 5.31. The van der Waals surface area contributed by atoms with E-state index >= 15 is 0 Å². The first-order chi connectivity index (χ1) is 16.0. The van der Waals surface area contributed by atoms with Gasteiger partial charge in [-0.05, 0) is 55.3 Å². The lowest BCUT2D eigenvalue weighted by Crippen LogP contribution is -2.03. The zero-order valence-electron chi connectivity index (χ0n) is 18.0. The molecular formula is C24H20FN5O2S. The van der Waals surface area contributed by atoms with Crippen molar-refractivity contribution >= 4 is 49.9 Å². The molecule has 0 spiro atoms. The van der Waals surface area contributed by atoms with Crippen molar-refractivity contribution in [2.24, 2.45) is 0 Å². The highest BCUT2D eigenvalue weighted by Crippen LogP contribution is 2.35. The number of carbonyl (C=O) groups is 1. The number of aromatic nitrogens is 4. The summed E-state index contributed by atoms with van der Waals surface area (Å²) in [5.74, 6) is 0.00772. The lowest BCUT2D eigenvalue weighted by molar-refractivity contribution is 0.0531. The molecule has 0 aliphatic rings. The molecule has 166 valence electrons. The second-order valence-corrected chi connectivity index (χ2v) is 8.51. The van der Waals surface area contributed by atoms with Crippen molar-refractivity contribution in [3.8, 4) is 0 Å². The highest BCUT2D eigenvalue weighted by Gasteiger charge is 2.20. The minimum absolute atomic E-state index is 0.263. The molecule has 0 fully saturated rings. The van der Waals surface area contributed by atoms with Gasteiger partial charge in [0.05, 0.1) is 30.3 Å². The van der Waals surface area contributed by atoms with Gasteiger partial charge in [-0.2, -0.15) is 5.10 Å². The van der Waals surface area contributed by atoms with E-state index in [0.29, 0.717) is 23.8 Å². The van der Waals surface area contributed by atoms with Gasteiger partial charge < -0.3 is 10.1 Å². The summed E-state index contributed by atoms with van der Waals surface area (Å²) in [5.41, 5.74) is 3.40. The highest BCUT2D eigenvalue weighted by molar-refractivity contribution is 7.20. The second kappa shape index (κ2) is 8.59. The predicted octanol–water partition coefficient (Wildman–Crippen LogP) is 5.46. The van der Waals surface area contributed by atoms with Crippen LogP contribution in [-0.4, -0.2) is 32.3 Å². The van der Waals surface area contributed by atoms with Crippen LogP contribution in [0, 0.1) is 12.7 Å². The van der Waals surface area contributed by atoms with Crippen LogP contribution in [0.15, 0.2) is 55.0 Å². The lowest BCUT2D eigenvalue weighted by Gasteiger charge is -2.08. The molecule has 0 aliphatic heterocycles. The van der Waals surface area contributed by atoms with Gasteiger partial charge in [0, 0.05) is 11.1 Å². The first-order valence-corrected chi connectivity index (χ1v) is 11.2. The maximum absolute atomic E-state index is 13.5. The van der Waals surface area contributed by atoms with Crippen molar-refractivity contribution in [2.45, 2.75) is 20.4 Å². The largest absolute Gasteiger partial charge is 0.462 e. The monoisotopic (exact) mass is 461 g/mol. The topological polar surface area (TPSA) is 81.9 Å². The third kappa shape index (κ3) is 4.03. The quantitative estimate of drug-likeness (QED) is 0.338. The molecule has 3 heterocycles. The number of esters is 1. The van der Waals surface area contributed by atoms with Crippen LogP contribution in [0.2, 0.25) is 0 Å². The lowest BCUT2D eigenvalue weighted by atomic mass is 10.2. The van der Waals surface area contributed by atoms with Gasteiger partial charge >= 0.3 is 5.97 Å². The van der Waals surface area contributed by atoms with Gasteiger partial charge in [-0.25, -0.2) is 19.2 Å². The number of aryl methyl sites for hydroxylation is 1. The molecule has 0 amide bonds. The predicted molar refractivity (Wildman–Crippen MR) is 127 cm³/mol. The van der Waals surface area contributed by atoms with Crippen molar-refractivity contribution in [3.63, 3.8) is 0 Å². The smallest absolute Gasteiger partial charge is 0.348 e. The summed E-state index contributed by atoms with van der Waals surface area (Å²) in [6.07, 6.45) is 3.26. The Bertz CT molecular complexity index is 1490. The first-order valence-electron chi connectivity index (χ1n) is 10.4. The Morgan fingerprint density at radius 3 is 2.91 bits per heavy atom. The summed E-state index contributed by atoms with van der Waals surface area (Å²) in [5, 5.41) is 9.55. The molecule has 1 N–H and O–H groups in total. The van der Waals surface area contributed by atoms with Gasteiger partial charge in [-0.3, -0.25) is 4.68 Å². The Kier molecular flexibility index (Phi) is 5.47. The number of thiophene rings is 1. The zero-order chi connectivity index (χ0) is 22.9. The van der Waals surface area contributed by atoms with Crippen molar-refractivity contribution in [3.05, 3.63) is 76.8 Å². The second-order valence-electron chi connectivity index (χ2n) is 7.51. The highest BCUT2D eigenvalue weighted by atomic mass is 32.1. The molecule has 0 saturated carbocycles. The van der Waals surface area contributed by atoms with E-state index in [4.69, 9.17) is 4.74 Å². The van der Waals surface area contributed by atoms with E-state index in [0.717, 1.165) is 37.9 Å². The van der Waals surface area contributed by atoms with Crippen LogP contribution < -0.4 is 5.32 Å². The number of hydrogen-bond acceptors (Lipinski definition) is 7. The number of carbonyl (C=O) groups excluding carboxylic acids is 1. The Labute approximate surface area is 192 Å². The summed E-state index contributed by atoms with van der Waals surface area (Å²) in [6, 6.07) is 12.4. The number of anilines is 2. The minimum Gasteiger partial charge on any atom is -0.462 e. The molecule has 2 aromatic carbocycles. The number of nitrogens with zero attached hydrogens (tertiary/aromatic N) is 4. The molecule has 7 nitrogen and oxygen atoms in total. The van der Waals surface area contributed by atoms with E-state index < -0.39 is 0 Å². The average molecular weight is 462 g/mol. The van der Waals surface area contributed by atoms with Crippen LogP contribution in [0.1, 0.15) is 27.7 Å². The number of nitrogens with one attached hydrogen (secondary N) is 1. The fraction of sp³-hybridized carbons (Fsp3) is 0.167. The van der Waals surface area contributed by atoms with Crippen LogP contribution in [0.3, 0.4) is 0 Å². The Morgan fingerprint density at radius 2 is 2.09 bits per heavy atom. The first kappa shape index (κ1) is 21.0. The molecule has 9 heteroatoms. The summed E-state index contributed by atoms with van der Waals surface area (Å²) in [7, 11) is 0. The molecule has 0 bridgehead atoms. The molecule has 0 radical (unpaired) electrons. The van der Waals surface area contributed by atoms with Crippen molar-refractivity contribution in [2.75, 3.05) is 11.9 Å². The van der Waals surface area contributed by atoms with E-state index in [1.165, 1.54) is 29.8 Å². The summed E-state index contributed by atoms with van der Waals surface area (Å²) in [6.45, 7) is 4.45. The maximum Gasteiger partial charge on any atom is 0.348 e. The molecule has 5 rings (SSSR count). The normalized spacial score (nSPS) is 11.2. The number of fused-ring (bicyclic) bond motifs is 2. The van der Waals surface area contributed by atoms with Crippen molar-refractivity contribution in [1.82, 2.24) is 19.7 Å². The fourth-order valence-electron chi connectivity index (χ4n) is 3.79. The Morgan fingerprint density at radius 1 is 1.21 bits per heavy atom. The van der Waals surface area contributed by atoms with Gasteiger partial charge in [-0.15, -0.1) is 11.3 Å². The zero-order valence-corrected chi connectivity index (χ0v) is 18.8. The van der Waals surface area contributed by atoms with Crippen LogP contribution >= 0.6 is 11.3 Å². The van der Waals surface area contributed by atoms with E-state index in [-0.39, 0.29) is 11.8 Å².